The van der Waals surface area contributed by atoms with Crippen molar-refractivity contribution in [3.63, 3.8) is 0 Å². The zero-order valence-electron chi connectivity index (χ0n) is 28.1. The minimum Gasteiger partial charge on any atom is -0.265 e. The summed E-state index contributed by atoms with van der Waals surface area (Å²) in [5.41, 5.74) is 10.8. The van der Waals surface area contributed by atoms with E-state index in [-0.39, 0.29) is 0 Å². The fraction of sp³-hybridized carbons (Fsp3) is 0. The molecular weight excluding hydrogens is 631 g/mol. The molecule has 0 N–H and O–H groups in total. The molecule has 0 unspecified atom stereocenters. The van der Waals surface area contributed by atoms with Crippen LogP contribution in [-0.2, 0) is 0 Å². The lowest BCUT2D eigenvalue weighted by atomic mass is 9.87. The Morgan fingerprint density at radius 1 is 0.288 bits per heavy atom. The molecule has 3 heterocycles. The smallest absolute Gasteiger partial charge is 0.0972 e. The molecule has 3 nitrogen and oxygen atoms in total. The number of hydrogen-bond donors (Lipinski definition) is 0. The lowest BCUT2D eigenvalue weighted by molar-refractivity contribution is 1.31. The Morgan fingerprint density at radius 2 is 0.808 bits per heavy atom. The highest BCUT2D eigenvalue weighted by Crippen LogP contribution is 2.43. The van der Waals surface area contributed by atoms with Crippen molar-refractivity contribution < 1.29 is 0 Å². The van der Waals surface area contributed by atoms with Crippen LogP contribution >= 0.6 is 0 Å². The fourth-order valence-electron chi connectivity index (χ4n) is 8.18. The molecule has 3 aromatic heterocycles. The van der Waals surface area contributed by atoms with E-state index in [0.29, 0.717) is 0 Å². The van der Waals surface area contributed by atoms with Crippen LogP contribution in [0.25, 0.3) is 110 Å². The van der Waals surface area contributed by atoms with Crippen molar-refractivity contribution in [2.45, 2.75) is 0 Å². The molecular formula is C49H29N3. The first kappa shape index (κ1) is 28.8. The maximum Gasteiger partial charge on any atom is 0.0972 e. The number of hydrogen-bond acceptors (Lipinski definition) is 3. The quantitative estimate of drug-likeness (QED) is 0.177. The number of benzene rings is 8. The van der Waals surface area contributed by atoms with Crippen molar-refractivity contribution in [1.82, 2.24) is 15.0 Å². The second-order valence-electron chi connectivity index (χ2n) is 13.6. The van der Waals surface area contributed by atoms with Crippen LogP contribution < -0.4 is 0 Å². The normalized spacial score (nSPS) is 11.8. The van der Waals surface area contributed by atoms with Gasteiger partial charge >= 0.3 is 0 Å². The van der Waals surface area contributed by atoms with Gasteiger partial charge < -0.3 is 0 Å². The molecule has 11 aromatic rings. The standard InChI is InChI=1S/C49H29N3/c1-2-6-38-30(4-1)5-3-7-39(38)31-8-10-32(11-9-31)40-20-14-34-17-23-43-41(21-15-35-16-22-42(40)46(34)47(35)43)45-25-19-37-13-12-36-18-24-44(33-26-28-50-29-27-33)51-48(36)49(37)52-45/h1-29H. The van der Waals surface area contributed by atoms with Crippen LogP contribution in [0.3, 0.4) is 0 Å². The van der Waals surface area contributed by atoms with E-state index in [2.05, 4.69) is 157 Å². The van der Waals surface area contributed by atoms with Gasteiger partial charge in [0.2, 0.25) is 0 Å². The molecule has 0 bridgehead atoms. The molecule has 0 amide bonds. The zero-order valence-corrected chi connectivity index (χ0v) is 28.1. The first-order chi connectivity index (χ1) is 25.8. The topological polar surface area (TPSA) is 38.7 Å². The lowest BCUT2D eigenvalue weighted by Gasteiger charge is -2.17. The highest BCUT2D eigenvalue weighted by molar-refractivity contribution is 6.27. The molecule has 11 rings (SSSR count). The third-order valence-electron chi connectivity index (χ3n) is 10.7. The van der Waals surface area contributed by atoms with Crippen LogP contribution in [0.5, 0.6) is 0 Å². The van der Waals surface area contributed by atoms with E-state index in [1.165, 1.54) is 65.3 Å². The molecule has 0 aliphatic carbocycles. The highest BCUT2D eigenvalue weighted by atomic mass is 14.8. The first-order valence-electron chi connectivity index (χ1n) is 17.7. The SMILES string of the molecule is c1ccc2c(-c3ccc(-c4ccc5ccc6c(-c7ccc8ccc9ccc(-c%10ccncc%10)nc9c8n7)ccc7ccc4c5c76)cc3)cccc2c1. The van der Waals surface area contributed by atoms with Crippen LogP contribution in [-0.4, -0.2) is 15.0 Å². The third kappa shape index (κ3) is 4.43. The Morgan fingerprint density at radius 3 is 1.52 bits per heavy atom. The van der Waals surface area contributed by atoms with Gasteiger partial charge in [0.05, 0.1) is 22.4 Å². The van der Waals surface area contributed by atoms with Gasteiger partial charge in [0.15, 0.2) is 0 Å². The molecule has 0 spiro atoms. The van der Waals surface area contributed by atoms with Crippen molar-refractivity contribution in [3.8, 4) is 44.8 Å². The van der Waals surface area contributed by atoms with Gasteiger partial charge in [0, 0.05) is 34.3 Å². The predicted molar refractivity (Wildman–Crippen MR) is 218 cm³/mol. The Labute approximate surface area is 299 Å². The highest BCUT2D eigenvalue weighted by Gasteiger charge is 2.17. The van der Waals surface area contributed by atoms with Gasteiger partial charge in [-0.3, -0.25) is 4.98 Å². The van der Waals surface area contributed by atoms with Gasteiger partial charge in [-0.1, -0.05) is 140 Å². The number of pyridine rings is 3. The van der Waals surface area contributed by atoms with Crippen LogP contribution in [0.1, 0.15) is 0 Å². The number of fused-ring (bicyclic) bond motifs is 4. The Hall–Kier alpha value is -6.97. The van der Waals surface area contributed by atoms with Crippen LogP contribution in [0, 0.1) is 0 Å². The van der Waals surface area contributed by atoms with Crippen LogP contribution in [0.4, 0.5) is 0 Å². The van der Waals surface area contributed by atoms with E-state index < -0.39 is 0 Å². The van der Waals surface area contributed by atoms with Gasteiger partial charge in [-0.15, -0.1) is 0 Å². The largest absolute Gasteiger partial charge is 0.265 e. The average Bonchev–Trinajstić information content (AvgIpc) is 3.22. The fourth-order valence-corrected chi connectivity index (χ4v) is 8.18. The number of nitrogens with zero attached hydrogens (tertiary/aromatic N) is 3. The van der Waals surface area contributed by atoms with Crippen LogP contribution in [0.2, 0.25) is 0 Å². The molecule has 240 valence electrons. The van der Waals surface area contributed by atoms with Crippen molar-refractivity contribution in [2.24, 2.45) is 0 Å². The minimum absolute atomic E-state index is 0.905. The molecule has 0 saturated carbocycles. The number of aromatic nitrogens is 3. The third-order valence-corrected chi connectivity index (χ3v) is 10.7. The monoisotopic (exact) mass is 659 g/mol. The summed E-state index contributed by atoms with van der Waals surface area (Å²) in [5, 5.41) is 12.2. The van der Waals surface area contributed by atoms with Crippen molar-refractivity contribution in [2.75, 3.05) is 0 Å². The van der Waals surface area contributed by atoms with E-state index in [4.69, 9.17) is 9.97 Å². The van der Waals surface area contributed by atoms with E-state index in [9.17, 15) is 0 Å². The second-order valence-corrected chi connectivity index (χ2v) is 13.6. The van der Waals surface area contributed by atoms with Crippen LogP contribution in [0.15, 0.2) is 176 Å². The average molecular weight is 660 g/mol. The summed E-state index contributed by atoms with van der Waals surface area (Å²) in [6, 6.07) is 59.1. The molecule has 0 fully saturated rings. The van der Waals surface area contributed by atoms with Gasteiger partial charge in [0.25, 0.3) is 0 Å². The zero-order chi connectivity index (χ0) is 34.2. The molecule has 0 radical (unpaired) electrons. The van der Waals surface area contributed by atoms with Crippen molar-refractivity contribution in [3.05, 3.63) is 176 Å². The summed E-state index contributed by atoms with van der Waals surface area (Å²) in [7, 11) is 0. The van der Waals surface area contributed by atoms with Gasteiger partial charge in [-0.05, 0) is 89.6 Å². The Kier molecular flexibility index (Phi) is 6.25. The molecule has 0 aliphatic heterocycles. The maximum absolute atomic E-state index is 5.33. The van der Waals surface area contributed by atoms with E-state index in [1.54, 1.807) is 12.4 Å². The minimum atomic E-state index is 0.905. The summed E-state index contributed by atoms with van der Waals surface area (Å²) in [6.45, 7) is 0. The molecule has 0 saturated heterocycles. The second kappa shape index (κ2) is 11.3. The Bertz CT molecular complexity index is 3160. The number of rotatable bonds is 4. The van der Waals surface area contributed by atoms with Crippen molar-refractivity contribution >= 4 is 64.9 Å². The summed E-state index contributed by atoms with van der Waals surface area (Å²) in [6.07, 6.45) is 3.61. The maximum atomic E-state index is 5.33. The first-order valence-corrected chi connectivity index (χ1v) is 17.7. The molecule has 0 aliphatic rings. The van der Waals surface area contributed by atoms with Gasteiger partial charge in [-0.2, -0.15) is 0 Å². The van der Waals surface area contributed by atoms with E-state index >= 15 is 0 Å². The summed E-state index contributed by atoms with van der Waals surface area (Å²) in [4.78, 5) is 14.6. The predicted octanol–water partition coefficient (Wildman–Crippen LogP) is 12.9. The summed E-state index contributed by atoms with van der Waals surface area (Å²) < 4.78 is 0. The molecule has 8 aromatic carbocycles. The van der Waals surface area contributed by atoms with Gasteiger partial charge in [-0.25, -0.2) is 9.97 Å². The lowest BCUT2D eigenvalue weighted by Crippen LogP contribution is -1.93. The summed E-state index contributed by atoms with van der Waals surface area (Å²) >= 11 is 0. The Balaban J connectivity index is 1.06. The van der Waals surface area contributed by atoms with E-state index in [0.717, 1.165) is 44.3 Å². The molecule has 0 atom stereocenters. The van der Waals surface area contributed by atoms with Gasteiger partial charge in [0.1, 0.15) is 0 Å². The molecule has 3 heteroatoms. The molecule has 52 heavy (non-hydrogen) atoms. The summed E-state index contributed by atoms with van der Waals surface area (Å²) in [5.74, 6) is 0. The van der Waals surface area contributed by atoms with Crippen molar-refractivity contribution in [1.29, 1.82) is 0 Å². The van der Waals surface area contributed by atoms with E-state index in [1.807, 2.05) is 12.1 Å².